The Balaban J connectivity index is 1.88. The van der Waals surface area contributed by atoms with E-state index in [0.717, 1.165) is 20.9 Å². The molecule has 0 aliphatic rings. The summed E-state index contributed by atoms with van der Waals surface area (Å²) < 4.78 is 0. The molecule has 0 aliphatic heterocycles. The minimum atomic E-state index is -0.427. The summed E-state index contributed by atoms with van der Waals surface area (Å²) in [7, 11) is 0. The molecule has 30 heavy (non-hydrogen) atoms. The van der Waals surface area contributed by atoms with Crippen molar-refractivity contribution in [1.82, 2.24) is 0 Å². The van der Waals surface area contributed by atoms with Crippen LogP contribution in [0.1, 0.15) is 16.7 Å². The predicted molar refractivity (Wildman–Crippen MR) is 119 cm³/mol. The van der Waals surface area contributed by atoms with Crippen molar-refractivity contribution in [2.24, 2.45) is 0 Å². The van der Waals surface area contributed by atoms with Gasteiger partial charge in [-0.1, -0.05) is 41.1 Å². The minimum absolute atomic E-state index is 0.00504. The molecule has 3 aromatic carbocycles. The third-order valence-electron chi connectivity index (χ3n) is 4.43. The van der Waals surface area contributed by atoms with Crippen molar-refractivity contribution >= 4 is 41.0 Å². The van der Waals surface area contributed by atoms with Crippen LogP contribution in [0, 0.1) is 17.0 Å². The van der Waals surface area contributed by atoms with E-state index in [0.29, 0.717) is 24.1 Å². The van der Waals surface area contributed by atoms with E-state index in [-0.39, 0.29) is 22.9 Å². The Bertz CT molecular complexity index is 1090. The van der Waals surface area contributed by atoms with Crippen LogP contribution in [0.25, 0.3) is 0 Å². The number of phenolic OH excluding ortho intramolecular Hbond substituents is 1. The molecular formula is C22H19ClN2O4S. The number of aryl methyl sites for hydroxylation is 1. The Labute approximate surface area is 183 Å². The molecule has 3 rings (SSSR count). The van der Waals surface area contributed by atoms with Crippen LogP contribution in [-0.4, -0.2) is 16.3 Å². The van der Waals surface area contributed by atoms with E-state index in [1.54, 1.807) is 18.2 Å². The molecule has 154 valence electrons. The second-order valence-corrected chi connectivity index (χ2v) is 8.18. The van der Waals surface area contributed by atoms with E-state index >= 15 is 0 Å². The number of nitrogens with zero attached hydrogens (tertiary/aromatic N) is 1. The van der Waals surface area contributed by atoms with Crippen LogP contribution in [0.2, 0.25) is 5.02 Å². The lowest BCUT2D eigenvalue weighted by atomic mass is 10.1. The number of non-ortho nitro benzene ring substituents is 1. The Morgan fingerprint density at radius 3 is 2.53 bits per heavy atom. The summed E-state index contributed by atoms with van der Waals surface area (Å²) in [5.41, 5.74) is 2.92. The molecule has 0 fully saturated rings. The number of rotatable bonds is 8. The molecule has 0 atom stereocenters. The van der Waals surface area contributed by atoms with Gasteiger partial charge in [0.1, 0.15) is 12.0 Å². The van der Waals surface area contributed by atoms with Gasteiger partial charge in [-0.15, -0.1) is 0 Å². The zero-order valence-electron chi connectivity index (χ0n) is 16.1. The number of hydrogen-bond donors (Lipinski definition) is 2. The minimum Gasteiger partial charge on any atom is -0.506 e. The van der Waals surface area contributed by atoms with Crippen molar-refractivity contribution < 1.29 is 14.8 Å². The fourth-order valence-corrected chi connectivity index (χ4v) is 4.01. The van der Waals surface area contributed by atoms with E-state index in [9.17, 15) is 20.0 Å². The number of nitro benzene ring substituents is 1. The van der Waals surface area contributed by atoms with Gasteiger partial charge >= 0.3 is 0 Å². The average Bonchev–Trinajstić information content (AvgIpc) is 2.72. The molecule has 0 saturated heterocycles. The summed E-state index contributed by atoms with van der Waals surface area (Å²) in [6, 6.07) is 16.0. The van der Waals surface area contributed by atoms with Crippen molar-refractivity contribution in [3.05, 3.63) is 86.4 Å². The second-order valence-electron chi connectivity index (χ2n) is 6.65. The van der Waals surface area contributed by atoms with Gasteiger partial charge in [0.15, 0.2) is 0 Å². The predicted octanol–water partition coefficient (Wildman–Crippen LogP) is 5.77. The van der Waals surface area contributed by atoms with Gasteiger partial charge in [0, 0.05) is 46.1 Å². The SMILES string of the molecule is Cc1ccc(Sc2ccc([N+](=O)[O-])cc2CNc2cc(Cl)c(O)c(CC=O)c2)cc1. The zero-order chi connectivity index (χ0) is 21.7. The number of halogens is 1. The number of aromatic hydroxyl groups is 1. The highest BCUT2D eigenvalue weighted by Crippen LogP contribution is 2.35. The van der Waals surface area contributed by atoms with Gasteiger partial charge < -0.3 is 15.2 Å². The van der Waals surface area contributed by atoms with Crippen molar-refractivity contribution in [1.29, 1.82) is 0 Å². The maximum atomic E-state index is 11.2. The summed E-state index contributed by atoms with van der Waals surface area (Å²) in [4.78, 5) is 23.5. The third kappa shape index (κ3) is 5.31. The number of nitro groups is 1. The van der Waals surface area contributed by atoms with Crippen LogP contribution >= 0.6 is 23.4 Å². The van der Waals surface area contributed by atoms with Crippen LogP contribution in [0.4, 0.5) is 11.4 Å². The Morgan fingerprint density at radius 1 is 1.13 bits per heavy atom. The number of carbonyl (C=O) groups is 1. The first-order chi connectivity index (χ1) is 14.4. The van der Waals surface area contributed by atoms with Crippen LogP contribution < -0.4 is 5.32 Å². The highest BCUT2D eigenvalue weighted by atomic mass is 35.5. The van der Waals surface area contributed by atoms with Crippen LogP contribution in [0.3, 0.4) is 0 Å². The van der Waals surface area contributed by atoms with Gasteiger partial charge in [-0.3, -0.25) is 10.1 Å². The smallest absolute Gasteiger partial charge is 0.269 e. The molecule has 3 aromatic rings. The highest BCUT2D eigenvalue weighted by molar-refractivity contribution is 7.99. The van der Waals surface area contributed by atoms with Gasteiger partial charge in [-0.2, -0.15) is 0 Å². The molecule has 0 aliphatic carbocycles. The molecule has 0 aromatic heterocycles. The molecule has 0 radical (unpaired) electrons. The summed E-state index contributed by atoms with van der Waals surface area (Å²) >= 11 is 7.58. The van der Waals surface area contributed by atoms with E-state index in [4.69, 9.17) is 11.6 Å². The maximum Gasteiger partial charge on any atom is 0.269 e. The van der Waals surface area contributed by atoms with Crippen molar-refractivity contribution in [2.45, 2.75) is 29.7 Å². The standard InChI is InChI=1S/C22H19ClN2O4S/c1-14-2-5-19(6-3-14)30-21-7-4-18(25(28)29)11-16(21)13-24-17-10-15(8-9-26)22(27)20(23)12-17/h2-7,9-12,24,27H,8,13H2,1H3. The summed E-state index contributed by atoms with van der Waals surface area (Å²) in [6.45, 7) is 2.31. The fourth-order valence-electron chi connectivity index (χ4n) is 2.85. The molecule has 0 saturated carbocycles. The van der Waals surface area contributed by atoms with Gasteiger partial charge in [0.05, 0.1) is 9.95 Å². The van der Waals surface area contributed by atoms with Gasteiger partial charge in [-0.25, -0.2) is 0 Å². The lowest BCUT2D eigenvalue weighted by Gasteiger charge is -2.13. The van der Waals surface area contributed by atoms with Crippen molar-refractivity contribution in [3.63, 3.8) is 0 Å². The first kappa shape index (κ1) is 21.7. The fraction of sp³-hybridized carbons (Fsp3) is 0.136. The molecule has 0 amide bonds. The Morgan fingerprint density at radius 2 is 1.87 bits per heavy atom. The lowest BCUT2D eigenvalue weighted by Crippen LogP contribution is -2.03. The summed E-state index contributed by atoms with van der Waals surface area (Å²) in [5.74, 6) is -0.125. The largest absolute Gasteiger partial charge is 0.506 e. The van der Waals surface area contributed by atoms with E-state index in [2.05, 4.69) is 5.32 Å². The number of nitrogens with one attached hydrogen (secondary N) is 1. The molecule has 2 N–H and O–H groups in total. The van der Waals surface area contributed by atoms with E-state index in [1.165, 1.54) is 23.9 Å². The van der Waals surface area contributed by atoms with Gasteiger partial charge in [0.25, 0.3) is 5.69 Å². The van der Waals surface area contributed by atoms with Crippen LogP contribution in [0.5, 0.6) is 5.75 Å². The summed E-state index contributed by atoms with van der Waals surface area (Å²) in [6.07, 6.45) is 0.721. The monoisotopic (exact) mass is 442 g/mol. The quantitative estimate of drug-likeness (QED) is 0.199. The molecule has 0 bridgehead atoms. The van der Waals surface area contributed by atoms with Crippen molar-refractivity contribution in [3.8, 4) is 5.75 Å². The maximum absolute atomic E-state index is 11.2. The van der Waals surface area contributed by atoms with Gasteiger partial charge in [-0.05, 0) is 42.8 Å². The Hall–Kier alpha value is -3.03. The zero-order valence-corrected chi connectivity index (χ0v) is 17.7. The first-order valence-electron chi connectivity index (χ1n) is 9.08. The number of benzene rings is 3. The van der Waals surface area contributed by atoms with Crippen LogP contribution in [-0.2, 0) is 17.8 Å². The normalized spacial score (nSPS) is 10.6. The van der Waals surface area contributed by atoms with Gasteiger partial charge in [0.2, 0.25) is 0 Å². The average molecular weight is 443 g/mol. The van der Waals surface area contributed by atoms with Crippen LogP contribution in [0.15, 0.2) is 64.4 Å². The van der Waals surface area contributed by atoms with Crippen molar-refractivity contribution in [2.75, 3.05) is 5.32 Å². The molecule has 6 nitrogen and oxygen atoms in total. The third-order valence-corrected chi connectivity index (χ3v) is 5.85. The number of carbonyl (C=O) groups excluding carboxylic acids is 1. The first-order valence-corrected chi connectivity index (χ1v) is 10.3. The molecule has 8 heteroatoms. The number of aldehydes is 1. The lowest BCUT2D eigenvalue weighted by molar-refractivity contribution is -0.385. The molecule has 0 unspecified atom stereocenters. The van der Waals surface area contributed by atoms with E-state index < -0.39 is 4.92 Å². The number of hydrogen-bond acceptors (Lipinski definition) is 6. The summed E-state index contributed by atoms with van der Waals surface area (Å²) in [5, 5.41) is 24.5. The number of anilines is 1. The second kappa shape index (κ2) is 9.65. The van der Waals surface area contributed by atoms with E-state index in [1.807, 2.05) is 31.2 Å². The highest BCUT2D eigenvalue weighted by Gasteiger charge is 2.13. The Kier molecular flexibility index (Phi) is 6.97. The number of phenols is 1. The molecule has 0 heterocycles. The molecular weight excluding hydrogens is 424 g/mol. The topological polar surface area (TPSA) is 92.5 Å². The molecule has 0 spiro atoms.